The van der Waals surface area contributed by atoms with Gasteiger partial charge < -0.3 is 11.5 Å². The number of rotatable bonds is 1. The maximum absolute atomic E-state index is 5.07. The van der Waals surface area contributed by atoms with E-state index in [0.29, 0.717) is 0 Å². The zero-order chi connectivity index (χ0) is 4.28. The van der Waals surface area contributed by atoms with Crippen LogP contribution in [0.1, 0.15) is 13.3 Å². The van der Waals surface area contributed by atoms with Crippen LogP contribution in [-0.2, 0) is 0 Å². The van der Waals surface area contributed by atoms with Gasteiger partial charge in [0.25, 0.3) is 0 Å². The predicted molar refractivity (Wildman–Crippen MR) is 28.2 cm³/mol. The van der Waals surface area contributed by atoms with E-state index in [9.17, 15) is 0 Å². The summed E-state index contributed by atoms with van der Waals surface area (Å²) in [4.78, 5) is 0. The molecule has 6 heavy (non-hydrogen) atoms. The maximum Gasteiger partial charge on any atom is 0.0518 e. The second-order valence-corrected chi connectivity index (χ2v) is 1.07. The number of nitrogens with two attached hydrogens (primary N) is 2. The molecular formula is C3H10KN2. The van der Waals surface area contributed by atoms with Crippen molar-refractivity contribution in [3.8, 4) is 0 Å². The molecule has 0 heterocycles. The minimum atomic E-state index is -0.116. The molecule has 0 saturated heterocycles. The first-order valence-electron chi connectivity index (χ1n) is 1.78. The summed E-state index contributed by atoms with van der Waals surface area (Å²) in [5, 5.41) is 0. The second kappa shape index (κ2) is 6.56. The van der Waals surface area contributed by atoms with Crippen molar-refractivity contribution >= 4 is 51.4 Å². The molecule has 0 rings (SSSR count). The van der Waals surface area contributed by atoms with E-state index in [2.05, 4.69) is 0 Å². The van der Waals surface area contributed by atoms with Crippen LogP contribution in [0.25, 0.3) is 0 Å². The largest absolute Gasteiger partial charge is 0.316 e. The van der Waals surface area contributed by atoms with E-state index in [1.165, 1.54) is 0 Å². The Morgan fingerprint density at radius 3 is 1.67 bits per heavy atom. The van der Waals surface area contributed by atoms with Crippen LogP contribution in [0.3, 0.4) is 0 Å². The molecular weight excluding hydrogens is 103 g/mol. The molecule has 0 aromatic carbocycles. The number of hydrogen-bond donors (Lipinski definition) is 2. The number of hydrogen-bond acceptors (Lipinski definition) is 2. The average molecular weight is 113 g/mol. The van der Waals surface area contributed by atoms with Crippen LogP contribution in [0.5, 0.6) is 0 Å². The summed E-state index contributed by atoms with van der Waals surface area (Å²) in [5.74, 6) is 0. The van der Waals surface area contributed by atoms with Gasteiger partial charge >= 0.3 is 0 Å². The third-order valence-corrected chi connectivity index (χ3v) is 0.471. The Morgan fingerprint density at radius 1 is 1.50 bits per heavy atom. The topological polar surface area (TPSA) is 52.0 Å². The van der Waals surface area contributed by atoms with Gasteiger partial charge in [-0.1, -0.05) is 6.92 Å². The molecule has 0 aliphatic rings. The van der Waals surface area contributed by atoms with Gasteiger partial charge in [0.2, 0.25) is 0 Å². The quantitative estimate of drug-likeness (QED) is 0.347. The van der Waals surface area contributed by atoms with Crippen molar-refractivity contribution in [2.75, 3.05) is 0 Å². The van der Waals surface area contributed by atoms with Gasteiger partial charge in [-0.25, -0.2) is 0 Å². The molecule has 0 fully saturated rings. The van der Waals surface area contributed by atoms with Gasteiger partial charge in [0.1, 0.15) is 0 Å². The van der Waals surface area contributed by atoms with Gasteiger partial charge in [-0.2, -0.15) is 0 Å². The molecule has 0 unspecified atom stereocenters. The van der Waals surface area contributed by atoms with Crippen LogP contribution in [-0.4, -0.2) is 57.6 Å². The van der Waals surface area contributed by atoms with Crippen LogP contribution >= 0.6 is 0 Å². The summed E-state index contributed by atoms with van der Waals surface area (Å²) < 4.78 is 0. The van der Waals surface area contributed by atoms with Gasteiger partial charge in [-0.05, 0) is 6.42 Å². The van der Waals surface area contributed by atoms with Crippen molar-refractivity contribution in [2.45, 2.75) is 19.5 Å². The summed E-state index contributed by atoms with van der Waals surface area (Å²) in [7, 11) is 0. The fraction of sp³-hybridized carbons (Fsp3) is 1.00. The summed E-state index contributed by atoms with van der Waals surface area (Å²) in [6, 6.07) is 0. The average Bonchev–Trinajstić information content (AvgIpc) is 1.38. The molecule has 2 nitrogen and oxygen atoms in total. The molecule has 0 saturated carbocycles. The third kappa shape index (κ3) is 9.12. The molecule has 0 spiro atoms. The van der Waals surface area contributed by atoms with Crippen molar-refractivity contribution in [3.05, 3.63) is 0 Å². The Bertz CT molecular complexity index is 22.8. The first-order chi connectivity index (χ1) is 2.27. The monoisotopic (exact) mass is 113 g/mol. The van der Waals surface area contributed by atoms with E-state index in [4.69, 9.17) is 11.5 Å². The summed E-state index contributed by atoms with van der Waals surface area (Å²) in [6.45, 7) is 1.95. The molecule has 4 N–H and O–H groups in total. The molecule has 0 aromatic rings. The first-order valence-corrected chi connectivity index (χ1v) is 1.78. The maximum atomic E-state index is 5.07. The summed E-state index contributed by atoms with van der Waals surface area (Å²) in [6.07, 6.45) is 0.745. The minimum Gasteiger partial charge on any atom is -0.316 e. The Morgan fingerprint density at radius 2 is 1.67 bits per heavy atom. The van der Waals surface area contributed by atoms with Gasteiger partial charge in [0.15, 0.2) is 0 Å². The molecule has 0 bridgehead atoms. The molecule has 0 aliphatic heterocycles. The van der Waals surface area contributed by atoms with Crippen molar-refractivity contribution in [1.82, 2.24) is 0 Å². The molecule has 0 aliphatic carbocycles. The standard InChI is InChI=1S/C3H10N2.K/c1-2-3(4)5;/h3H,2,4-5H2,1H3;. The van der Waals surface area contributed by atoms with Crippen LogP contribution in [0.4, 0.5) is 0 Å². The Labute approximate surface area is 81.1 Å². The van der Waals surface area contributed by atoms with Gasteiger partial charge in [0, 0.05) is 51.4 Å². The van der Waals surface area contributed by atoms with Gasteiger partial charge in [-0.15, -0.1) is 0 Å². The fourth-order valence-electron chi connectivity index (χ4n) is 0. The Balaban J connectivity index is 0. The van der Waals surface area contributed by atoms with Crippen molar-refractivity contribution < 1.29 is 0 Å². The van der Waals surface area contributed by atoms with Gasteiger partial charge in [0.05, 0.1) is 6.17 Å². The zero-order valence-corrected chi connectivity index (χ0v) is 7.56. The molecule has 0 aromatic heterocycles. The molecule has 3 heteroatoms. The molecule has 1 radical (unpaired) electrons. The van der Waals surface area contributed by atoms with Crippen LogP contribution in [0, 0.1) is 0 Å². The minimum absolute atomic E-state index is 0. The molecule has 33 valence electrons. The van der Waals surface area contributed by atoms with Crippen molar-refractivity contribution in [1.29, 1.82) is 0 Å². The summed E-state index contributed by atoms with van der Waals surface area (Å²) >= 11 is 0. The second-order valence-electron chi connectivity index (χ2n) is 1.07. The molecule has 0 amide bonds. The first kappa shape index (κ1) is 10.5. The predicted octanol–water partition coefficient (Wildman–Crippen LogP) is -0.741. The summed E-state index contributed by atoms with van der Waals surface area (Å²) in [5.41, 5.74) is 10.1. The smallest absolute Gasteiger partial charge is 0.0518 e. The van der Waals surface area contributed by atoms with E-state index in [-0.39, 0.29) is 57.6 Å². The van der Waals surface area contributed by atoms with Crippen LogP contribution in [0.15, 0.2) is 0 Å². The van der Waals surface area contributed by atoms with Crippen LogP contribution in [0.2, 0.25) is 0 Å². The normalized spacial score (nSPS) is 8.00. The Hall–Kier alpha value is 1.56. The van der Waals surface area contributed by atoms with E-state index >= 15 is 0 Å². The van der Waals surface area contributed by atoms with E-state index in [1.54, 1.807) is 0 Å². The van der Waals surface area contributed by atoms with Gasteiger partial charge in [-0.3, -0.25) is 0 Å². The molecule has 0 atom stereocenters. The van der Waals surface area contributed by atoms with E-state index in [0.717, 1.165) is 6.42 Å². The zero-order valence-electron chi connectivity index (χ0n) is 4.44. The van der Waals surface area contributed by atoms with Crippen molar-refractivity contribution in [3.63, 3.8) is 0 Å². The third-order valence-electron chi connectivity index (χ3n) is 0.471. The Kier molecular flexibility index (Phi) is 11.5. The van der Waals surface area contributed by atoms with E-state index < -0.39 is 0 Å². The SMILES string of the molecule is CCC(N)N.[K]. The van der Waals surface area contributed by atoms with Crippen LogP contribution < -0.4 is 11.5 Å². The van der Waals surface area contributed by atoms with Crippen molar-refractivity contribution in [2.24, 2.45) is 11.5 Å². The fourth-order valence-corrected chi connectivity index (χ4v) is 0. The van der Waals surface area contributed by atoms with E-state index in [1.807, 2.05) is 6.92 Å².